The molecule has 2 atom stereocenters. The number of amides is 2. The molecule has 0 fully saturated rings. The van der Waals surface area contributed by atoms with Crippen LogP contribution in [0.5, 0.6) is 0 Å². The number of benzene rings is 2. The fourth-order valence-electron chi connectivity index (χ4n) is 4.70. The van der Waals surface area contributed by atoms with Gasteiger partial charge in [0.15, 0.2) is 0 Å². The zero-order valence-electron chi connectivity index (χ0n) is 20.3. The van der Waals surface area contributed by atoms with Gasteiger partial charge in [0.05, 0.1) is 5.69 Å². The summed E-state index contributed by atoms with van der Waals surface area (Å²) in [5.41, 5.74) is 4.91. The Kier molecular flexibility index (Phi) is 6.16. The average Bonchev–Trinajstić information content (AvgIpc) is 3.56. The van der Waals surface area contributed by atoms with Crippen molar-refractivity contribution in [3.63, 3.8) is 0 Å². The van der Waals surface area contributed by atoms with Crippen LogP contribution in [0.25, 0.3) is 17.2 Å². The van der Waals surface area contributed by atoms with E-state index in [4.69, 9.17) is 0 Å². The summed E-state index contributed by atoms with van der Waals surface area (Å²) in [5, 5.41) is 16.7. The highest BCUT2D eigenvalue weighted by atomic mass is 19.1. The van der Waals surface area contributed by atoms with Gasteiger partial charge < -0.3 is 10.6 Å². The Morgan fingerprint density at radius 2 is 1.86 bits per heavy atom. The molecule has 0 bridgehead atoms. The van der Waals surface area contributed by atoms with Crippen LogP contribution in [0.1, 0.15) is 38.9 Å². The standard InChI is InChI=1S/C27H24F2N6O2/c1-14-24(15(2)34-33-14)16-4-6-18(7-5-16)31-27(37)25(32-26(36)23-10-11-30-35(23)3)20-9-8-19-21(20)12-17(28)13-22(19)29/h4-13,20,25H,1-3H3,(H,31,37)(H,32,36)(H,33,34)/t20-,25-/m0/s1. The number of hydrogen-bond donors (Lipinski definition) is 3. The number of carbonyl (C=O) groups is 2. The predicted octanol–water partition coefficient (Wildman–Crippen LogP) is 4.25. The summed E-state index contributed by atoms with van der Waals surface area (Å²) in [6, 6.07) is 9.55. The number of aromatic amines is 1. The first kappa shape index (κ1) is 24.1. The van der Waals surface area contributed by atoms with Crippen LogP contribution in [-0.2, 0) is 11.8 Å². The van der Waals surface area contributed by atoms with E-state index >= 15 is 0 Å². The van der Waals surface area contributed by atoms with E-state index in [1.807, 2.05) is 26.0 Å². The molecular formula is C27H24F2N6O2. The summed E-state index contributed by atoms with van der Waals surface area (Å²) in [6.45, 7) is 3.84. The fourth-order valence-corrected chi connectivity index (χ4v) is 4.70. The molecule has 0 saturated carbocycles. The second-order valence-electron chi connectivity index (χ2n) is 8.94. The molecule has 1 aliphatic carbocycles. The van der Waals surface area contributed by atoms with E-state index in [0.29, 0.717) is 5.69 Å². The van der Waals surface area contributed by atoms with Crippen molar-refractivity contribution in [2.45, 2.75) is 25.8 Å². The first-order chi connectivity index (χ1) is 17.7. The van der Waals surface area contributed by atoms with Crippen molar-refractivity contribution in [3.05, 3.63) is 94.6 Å². The van der Waals surface area contributed by atoms with Gasteiger partial charge in [-0.1, -0.05) is 24.3 Å². The van der Waals surface area contributed by atoms with Crippen molar-refractivity contribution in [1.82, 2.24) is 25.3 Å². The summed E-state index contributed by atoms with van der Waals surface area (Å²) in [4.78, 5) is 26.5. The van der Waals surface area contributed by atoms with Crippen molar-refractivity contribution >= 4 is 23.6 Å². The minimum atomic E-state index is -1.15. The van der Waals surface area contributed by atoms with E-state index in [9.17, 15) is 18.4 Å². The number of nitrogens with one attached hydrogen (secondary N) is 3. The molecule has 0 unspecified atom stereocenters. The molecule has 0 aliphatic heterocycles. The second-order valence-corrected chi connectivity index (χ2v) is 8.94. The minimum absolute atomic E-state index is 0.189. The van der Waals surface area contributed by atoms with Crippen molar-refractivity contribution < 1.29 is 18.4 Å². The molecule has 37 heavy (non-hydrogen) atoms. The molecule has 2 aromatic heterocycles. The first-order valence-corrected chi connectivity index (χ1v) is 11.6. The largest absolute Gasteiger partial charge is 0.338 e. The molecule has 0 saturated heterocycles. The maximum atomic E-state index is 14.4. The molecule has 2 amide bonds. The van der Waals surface area contributed by atoms with Crippen LogP contribution < -0.4 is 10.6 Å². The number of nitrogens with zero attached hydrogens (tertiary/aromatic N) is 3. The number of fused-ring (bicyclic) bond motifs is 1. The smallest absolute Gasteiger partial charge is 0.270 e. The van der Waals surface area contributed by atoms with Gasteiger partial charge in [-0.2, -0.15) is 10.2 Å². The lowest BCUT2D eigenvalue weighted by atomic mass is 9.92. The Bertz CT molecular complexity index is 1520. The topological polar surface area (TPSA) is 105 Å². The van der Waals surface area contributed by atoms with Gasteiger partial charge >= 0.3 is 0 Å². The van der Waals surface area contributed by atoms with E-state index in [1.165, 1.54) is 29.1 Å². The van der Waals surface area contributed by atoms with E-state index in [2.05, 4.69) is 25.9 Å². The van der Waals surface area contributed by atoms with E-state index in [-0.39, 0.29) is 16.8 Å². The summed E-state index contributed by atoms with van der Waals surface area (Å²) in [5.74, 6) is -3.35. The summed E-state index contributed by atoms with van der Waals surface area (Å²) in [6.07, 6.45) is 4.55. The third-order valence-corrected chi connectivity index (χ3v) is 6.51. The van der Waals surface area contributed by atoms with Gasteiger partial charge in [0.2, 0.25) is 5.91 Å². The molecule has 8 nitrogen and oxygen atoms in total. The number of carbonyl (C=O) groups excluding carboxylic acids is 2. The molecule has 1 aliphatic rings. The molecule has 188 valence electrons. The van der Waals surface area contributed by atoms with Gasteiger partial charge in [-0.3, -0.25) is 19.4 Å². The Hall–Kier alpha value is -4.60. The quantitative estimate of drug-likeness (QED) is 0.367. The molecular weight excluding hydrogens is 478 g/mol. The Morgan fingerprint density at radius 1 is 1.11 bits per heavy atom. The van der Waals surface area contributed by atoms with Crippen LogP contribution in [0.2, 0.25) is 0 Å². The van der Waals surface area contributed by atoms with Crippen LogP contribution in [0.15, 0.2) is 54.7 Å². The molecule has 2 heterocycles. The van der Waals surface area contributed by atoms with Crippen molar-refractivity contribution in [3.8, 4) is 11.1 Å². The third kappa shape index (κ3) is 4.53. The normalized spacial score (nSPS) is 14.9. The zero-order valence-corrected chi connectivity index (χ0v) is 20.3. The van der Waals surface area contributed by atoms with Gasteiger partial charge in [0.25, 0.3) is 5.91 Å². The highest BCUT2D eigenvalue weighted by Gasteiger charge is 2.35. The summed E-state index contributed by atoms with van der Waals surface area (Å²) < 4.78 is 29.8. The van der Waals surface area contributed by atoms with Crippen molar-refractivity contribution in [2.75, 3.05) is 5.32 Å². The lowest BCUT2D eigenvalue weighted by molar-refractivity contribution is -0.118. The van der Waals surface area contributed by atoms with Gasteiger partial charge in [-0.05, 0) is 49.2 Å². The van der Waals surface area contributed by atoms with Crippen molar-refractivity contribution in [2.24, 2.45) is 7.05 Å². The molecule has 2 aromatic carbocycles. The van der Waals surface area contributed by atoms with E-state index in [0.717, 1.165) is 28.6 Å². The molecule has 10 heteroatoms. The van der Waals surface area contributed by atoms with Crippen LogP contribution >= 0.6 is 0 Å². The number of aromatic nitrogens is 4. The molecule has 3 N–H and O–H groups in total. The lowest BCUT2D eigenvalue weighted by Crippen LogP contribution is -2.47. The molecule has 0 radical (unpaired) electrons. The minimum Gasteiger partial charge on any atom is -0.338 e. The summed E-state index contributed by atoms with van der Waals surface area (Å²) in [7, 11) is 1.60. The SMILES string of the molecule is Cc1n[nH]c(C)c1-c1ccc(NC(=O)[C@@H](NC(=O)c2ccnn2C)[C@H]2C=Cc3c(F)cc(F)cc32)cc1. The highest BCUT2D eigenvalue weighted by molar-refractivity contribution is 6.01. The Balaban J connectivity index is 1.44. The second kappa shape index (κ2) is 9.45. The van der Waals surface area contributed by atoms with Crippen molar-refractivity contribution in [1.29, 1.82) is 0 Å². The highest BCUT2D eigenvalue weighted by Crippen LogP contribution is 2.35. The number of hydrogen-bond acceptors (Lipinski definition) is 4. The lowest BCUT2D eigenvalue weighted by Gasteiger charge is -2.24. The van der Waals surface area contributed by atoms with Crippen LogP contribution in [0.3, 0.4) is 0 Å². The number of halogens is 2. The molecule has 5 rings (SSSR count). The average molecular weight is 503 g/mol. The first-order valence-electron chi connectivity index (χ1n) is 11.6. The Labute approximate surface area is 211 Å². The predicted molar refractivity (Wildman–Crippen MR) is 135 cm³/mol. The monoisotopic (exact) mass is 502 g/mol. The van der Waals surface area contributed by atoms with Gasteiger partial charge in [-0.25, -0.2) is 8.78 Å². The maximum Gasteiger partial charge on any atom is 0.270 e. The van der Waals surface area contributed by atoms with Crippen LogP contribution in [-0.4, -0.2) is 37.8 Å². The summed E-state index contributed by atoms with van der Waals surface area (Å²) >= 11 is 0. The Morgan fingerprint density at radius 3 is 2.51 bits per heavy atom. The third-order valence-electron chi connectivity index (χ3n) is 6.51. The maximum absolute atomic E-state index is 14.4. The number of rotatable bonds is 6. The van der Waals surface area contributed by atoms with Gasteiger partial charge in [0.1, 0.15) is 23.4 Å². The number of anilines is 1. The van der Waals surface area contributed by atoms with E-state index < -0.39 is 35.4 Å². The molecule has 0 spiro atoms. The molecule has 4 aromatic rings. The van der Waals surface area contributed by atoms with E-state index in [1.54, 1.807) is 25.3 Å². The van der Waals surface area contributed by atoms with Crippen LogP contribution in [0.4, 0.5) is 14.5 Å². The fraction of sp³-hybridized carbons (Fsp3) is 0.185. The van der Waals surface area contributed by atoms with Gasteiger partial charge in [0, 0.05) is 47.7 Å². The van der Waals surface area contributed by atoms with Gasteiger partial charge in [-0.15, -0.1) is 0 Å². The zero-order chi connectivity index (χ0) is 26.3. The van der Waals surface area contributed by atoms with Crippen LogP contribution in [0, 0.1) is 25.5 Å². The number of aryl methyl sites for hydroxylation is 3. The number of H-pyrrole nitrogens is 1.